The first-order chi connectivity index (χ1) is 12.8. The maximum Gasteiger partial charge on any atom is 0.337 e. The normalized spacial score (nSPS) is 18.1. The minimum Gasteiger partial charge on any atom is -0.478 e. The predicted molar refractivity (Wildman–Crippen MR) is 98.2 cm³/mol. The van der Waals surface area contributed by atoms with Crippen molar-refractivity contribution < 1.29 is 18.3 Å². The molecule has 0 aliphatic carbocycles. The Hall–Kier alpha value is -2.43. The molecular formula is C17H21N5O4S. The Bertz CT molecular complexity index is 948. The Labute approximate surface area is 157 Å². The number of rotatable bonds is 6. The maximum atomic E-state index is 12.3. The van der Waals surface area contributed by atoms with Crippen molar-refractivity contribution in [2.24, 2.45) is 5.92 Å². The Morgan fingerprint density at radius 2 is 2.04 bits per heavy atom. The first-order valence-corrected chi connectivity index (χ1v) is 9.85. The van der Waals surface area contributed by atoms with Gasteiger partial charge in [0.2, 0.25) is 0 Å². The average Bonchev–Trinajstić information content (AvgIpc) is 3.11. The molecule has 1 aliphatic heterocycles. The van der Waals surface area contributed by atoms with Crippen LogP contribution < -0.4 is 0 Å². The van der Waals surface area contributed by atoms with E-state index < -0.39 is 16.2 Å². The molecule has 0 saturated carbocycles. The summed E-state index contributed by atoms with van der Waals surface area (Å²) in [4.78, 5) is 23.9. The summed E-state index contributed by atoms with van der Waals surface area (Å²) in [7, 11) is -0.384. The van der Waals surface area contributed by atoms with E-state index >= 15 is 0 Å². The minimum absolute atomic E-state index is 0.0771. The van der Waals surface area contributed by atoms with Gasteiger partial charge in [-0.3, -0.25) is 15.0 Å². The lowest BCUT2D eigenvalue weighted by atomic mass is 9.99. The number of aromatic carboxylic acids is 1. The van der Waals surface area contributed by atoms with E-state index in [0.717, 1.165) is 6.42 Å². The highest BCUT2D eigenvalue weighted by molar-refractivity contribution is 7.86. The van der Waals surface area contributed by atoms with Crippen LogP contribution in [0.3, 0.4) is 0 Å². The van der Waals surface area contributed by atoms with Gasteiger partial charge < -0.3 is 5.11 Å². The van der Waals surface area contributed by atoms with Gasteiger partial charge in [-0.05, 0) is 24.8 Å². The Morgan fingerprint density at radius 3 is 2.74 bits per heavy atom. The van der Waals surface area contributed by atoms with E-state index in [0.29, 0.717) is 36.5 Å². The molecule has 0 aromatic carbocycles. The molecule has 0 radical (unpaired) electrons. The number of aromatic nitrogens is 3. The smallest absolute Gasteiger partial charge is 0.337 e. The molecule has 3 rings (SSSR count). The van der Waals surface area contributed by atoms with Gasteiger partial charge in [-0.15, -0.1) is 0 Å². The van der Waals surface area contributed by atoms with Crippen molar-refractivity contribution >= 4 is 16.2 Å². The lowest BCUT2D eigenvalue weighted by Gasteiger charge is -2.21. The van der Waals surface area contributed by atoms with Gasteiger partial charge in [0.1, 0.15) is 0 Å². The molecule has 0 spiro atoms. The molecule has 0 unspecified atom stereocenters. The van der Waals surface area contributed by atoms with Gasteiger partial charge in [-0.1, -0.05) is 0 Å². The molecule has 1 fully saturated rings. The number of carbonyl (C=O) groups is 1. The second-order valence-corrected chi connectivity index (χ2v) is 8.77. The van der Waals surface area contributed by atoms with E-state index in [4.69, 9.17) is 5.11 Å². The molecule has 2 aromatic rings. The number of hydrogen-bond donors (Lipinski definition) is 1. The Morgan fingerprint density at radius 1 is 1.30 bits per heavy atom. The highest BCUT2D eigenvalue weighted by Gasteiger charge is 2.33. The largest absolute Gasteiger partial charge is 0.478 e. The van der Waals surface area contributed by atoms with Crippen molar-refractivity contribution in [1.29, 1.82) is 0 Å². The third kappa shape index (κ3) is 4.12. The molecule has 1 N–H and O–H groups in total. The van der Waals surface area contributed by atoms with Gasteiger partial charge in [-0.2, -0.15) is 17.0 Å². The fraction of sp³-hybridized carbons (Fsp3) is 0.412. The summed E-state index contributed by atoms with van der Waals surface area (Å²) >= 11 is 0. The fourth-order valence-corrected chi connectivity index (χ4v) is 4.32. The van der Waals surface area contributed by atoms with Gasteiger partial charge in [-0.25, -0.2) is 4.79 Å². The highest BCUT2D eigenvalue weighted by atomic mass is 32.2. The molecule has 10 heteroatoms. The molecule has 1 aliphatic rings. The van der Waals surface area contributed by atoms with Crippen molar-refractivity contribution in [2.45, 2.75) is 12.8 Å². The molecule has 0 bridgehead atoms. The van der Waals surface area contributed by atoms with Gasteiger partial charge in [0.05, 0.1) is 17.0 Å². The Balaban J connectivity index is 1.82. The van der Waals surface area contributed by atoms with E-state index in [1.54, 1.807) is 18.6 Å². The van der Waals surface area contributed by atoms with Crippen LogP contribution in [-0.2, 0) is 16.6 Å². The van der Waals surface area contributed by atoms with Crippen LogP contribution in [0.4, 0.5) is 0 Å². The van der Waals surface area contributed by atoms with Crippen molar-refractivity contribution in [3.63, 3.8) is 0 Å². The fourth-order valence-electron chi connectivity index (χ4n) is 3.12. The van der Waals surface area contributed by atoms with Gasteiger partial charge in [0, 0.05) is 57.5 Å². The van der Waals surface area contributed by atoms with Gasteiger partial charge >= 0.3 is 5.97 Å². The van der Waals surface area contributed by atoms with E-state index in [1.165, 1.54) is 35.0 Å². The van der Waals surface area contributed by atoms with E-state index in [2.05, 4.69) is 15.0 Å². The van der Waals surface area contributed by atoms with Crippen molar-refractivity contribution in [3.8, 4) is 11.3 Å². The molecule has 3 heterocycles. The molecule has 0 amide bonds. The van der Waals surface area contributed by atoms with Crippen molar-refractivity contribution in [1.82, 2.24) is 23.6 Å². The van der Waals surface area contributed by atoms with Crippen LogP contribution in [0, 0.1) is 5.92 Å². The zero-order valence-electron chi connectivity index (χ0n) is 15.1. The highest BCUT2D eigenvalue weighted by Crippen LogP contribution is 2.27. The van der Waals surface area contributed by atoms with Crippen LogP contribution in [-0.4, -0.2) is 70.2 Å². The molecule has 27 heavy (non-hydrogen) atoms. The number of pyridine rings is 1. The van der Waals surface area contributed by atoms with Crippen molar-refractivity contribution in [2.75, 3.05) is 27.2 Å². The second kappa shape index (κ2) is 7.67. The zero-order valence-corrected chi connectivity index (χ0v) is 15.9. The molecule has 1 saturated heterocycles. The number of carboxylic acids is 1. The number of carboxylic acid groups (broad SMARTS) is 1. The Kier molecular flexibility index (Phi) is 5.49. The lowest BCUT2D eigenvalue weighted by Crippen LogP contribution is -2.38. The predicted octanol–water partition coefficient (Wildman–Crippen LogP) is 0.908. The lowest BCUT2D eigenvalue weighted by molar-refractivity contribution is 0.0696. The topological polar surface area (TPSA) is 117 Å². The molecule has 2 aromatic heterocycles. The average molecular weight is 391 g/mol. The van der Waals surface area contributed by atoms with Crippen LogP contribution in [0.1, 0.15) is 22.5 Å². The summed E-state index contributed by atoms with van der Waals surface area (Å²) in [6.07, 6.45) is 7.25. The molecule has 9 nitrogen and oxygen atoms in total. The van der Waals surface area contributed by atoms with Crippen LogP contribution in [0.25, 0.3) is 11.3 Å². The SMILES string of the molecule is CN(C)S(=O)(=O)N1CC[C@@H](Cc2nccnc2-c2cncc(C(=O)O)c2)C1. The third-order valence-electron chi connectivity index (χ3n) is 4.55. The maximum absolute atomic E-state index is 12.3. The monoisotopic (exact) mass is 391 g/mol. The van der Waals surface area contributed by atoms with Crippen LogP contribution >= 0.6 is 0 Å². The molecule has 144 valence electrons. The first-order valence-electron chi connectivity index (χ1n) is 8.45. The van der Waals surface area contributed by atoms with Crippen LogP contribution in [0.5, 0.6) is 0 Å². The quantitative estimate of drug-likeness (QED) is 0.778. The number of hydrogen-bond acceptors (Lipinski definition) is 6. The van der Waals surface area contributed by atoms with Gasteiger partial charge in [0.15, 0.2) is 0 Å². The third-order valence-corrected chi connectivity index (χ3v) is 6.46. The minimum atomic E-state index is -3.42. The second-order valence-electron chi connectivity index (χ2n) is 6.63. The van der Waals surface area contributed by atoms with E-state index in [-0.39, 0.29) is 11.5 Å². The van der Waals surface area contributed by atoms with Gasteiger partial charge in [0.25, 0.3) is 10.2 Å². The first kappa shape index (κ1) is 19.3. The summed E-state index contributed by atoms with van der Waals surface area (Å²) < 4.78 is 27.2. The summed E-state index contributed by atoms with van der Waals surface area (Å²) in [5.74, 6) is -0.944. The van der Waals surface area contributed by atoms with Crippen molar-refractivity contribution in [3.05, 3.63) is 42.1 Å². The summed E-state index contributed by atoms with van der Waals surface area (Å²) in [6.45, 7) is 0.890. The van der Waals surface area contributed by atoms with Crippen LogP contribution in [0.15, 0.2) is 30.9 Å². The van der Waals surface area contributed by atoms with Crippen LogP contribution in [0.2, 0.25) is 0 Å². The summed E-state index contributed by atoms with van der Waals surface area (Å²) in [5.41, 5.74) is 1.93. The standard InChI is InChI=1S/C17H21N5O4S/c1-21(2)27(25,26)22-6-3-12(11-22)7-15-16(20-5-4-19-15)13-8-14(17(23)24)10-18-9-13/h4-5,8-10,12H,3,6-7,11H2,1-2H3,(H,23,24)/t12-/m0/s1. The molecular weight excluding hydrogens is 370 g/mol. The molecule has 1 atom stereocenters. The summed E-state index contributed by atoms with van der Waals surface area (Å²) in [6, 6.07) is 1.51. The number of nitrogens with zero attached hydrogens (tertiary/aromatic N) is 5. The summed E-state index contributed by atoms with van der Waals surface area (Å²) in [5, 5.41) is 9.16. The van der Waals surface area contributed by atoms with E-state index in [9.17, 15) is 13.2 Å². The van der Waals surface area contributed by atoms with E-state index in [1.807, 2.05) is 0 Å². The zero-order chi connectivity index (χ0) is 19.6.